The molecule has 0 radical (unpaired) electrons. The second kappa shape index (κ2) is 7.86. The molecule has 3 aromatic rings. The molecule has 150 valence electrons. The Morgan fingerprint density at radius 1 is 1.00 bits per heavy atom. The predicted molar refractivity (Wildman–Crippen MR) is 121 cm³/mol. The lowest BCUT2D eigenvalue weighted by molar-refractivity contribution is 0.701. The van der Waals surface area contributed by atoms with Gasteiger partial charge in [0.1, 0.15) is 5.82 Å². The van der Waals surface area contributed by atoms with Crippen molar-refractivity contribution in [2.75, 3.05) is 23.3 Å². The van der Waals surface area contributed by atoms with Crippen LogP contribution in [-0.2, 0) is 6.42 Å². The third-order valence-electron chi connectivity index (χ3n) is 5.90. The van der Waals surface area contributed by atoms with E-state index in [2.05, 4.69) is 87.3 Å². The third kappa shape index (κ3) is 3.98. The molecular weight excluding hydrogens is 356 g/mol. The van der Waals surface area contributed by atoms with Crippen LogP contribution in [0, 0.1) is 27.7 Å². The largest absolute Gasteiger partial charge is 0.355 e. The molecule has 0 fully saturated rings. The monoisotopic (exact) mass is 386 g/mol. The van der Waals surface area contributed by atoms with Crippen LogP contribution in [0.5, 0.6) is 0 Å². The molecule has 1 N–H and O–H groups in total. The summed E-state index contributed by atoms with van der Waals surface area (Å²) in [5.41, 5.74) is 8.56. The van der Waals surface area contributed by atoms with Crippen LogP contribution in [0.1, 0.15) is 46.4 Å². The maximum atomic E-state index is 4.95. The summed E-state index contributed by atoms with van der Waals surface area (Å²) in [6, 6.07) is 15.1. The van der Waals surface area contributed by atoms with E-state index in [9.17, 15) is 0 Å². The third-order valence-corrected chi connectivity index (χ3v) is 5.90. The summed E-state index contributed by atoms with van der Waals surface area (Å²) in [5.74, 6) is 2.23. The van der Waals surface area contributed by atoms with Gasteiger partial charge in [-0.05, 0) is 56.7 Å². The smallest absolute Gasteiger partial charge is 0.229 e. The van der Waals surface area contributed by atoms with E-state index in [1.54, 1.807) is 0 Å². The molecular formula is C25H30N4. The Hall–Kier alpha value is -2.88. The average molecular weight is 387 g/mol. The number of nitrogens with zero attached hydrogens (tertiary/aromatic N) is 3. The Bertz CT molecular complexity index is 1000. The quantitative estimate of drug-likeness (QED) is 0.618. The molecule has 4 nitrogen and oxygen atoms in total. The van der Waals surface area contributed by atoms with Crippen molar-refractivity contribution in [1.29, 1.82) is 0 Å². The number of hydrogen-bond donors (Lipinski definition) is 1. The highest BCUT2D eigenvalue weighted by atomic mass is 15.2. The first-order chi connectivity index (χ1) is 13.9. The highest BCUT2D eigenvalue weighted by molar-refractivity contribution is 5.66. The predicted octanol–water partition coefficient (Wildman–Crippen LogP) is 5.62. The maximum Gasteiger partial charge on any atom is 0.229 e. The highest BCUT2D eigenvalue weighted by Gasteiger charge is 2.26. The molecule has 1 aliphatic rings. The number of anilines is 3. The van der Waals surface area contributed by atoms with E-state index in [4.69, 9.17) is 9.97 Å². The summed E-state index contributed by atoms with van der Waals surface area (Å²) in [4.78, 5) is 12.1. The van der Waals surface area contributed by atoms with E-state index in [-0.39, 0.29) is 0 Å². The number of nitrogens with one attached hydrogen (secondary N) is 1. The van der Waals surface area contributed by atoms with Crippen LogP contribution >= 0.6 is 0 Å². The highest BCUT2D eigenvalue weighted by Crippen LogP contribution is 2.32. The summed E-state index contributed by atoms with van der Waals surface area (Å²) in [6.45, 7) is 12.8. The zero-order valence-electron chi connectivity index (χ0n) is 18.1. The fourth-order valence-corrected chi connectivity index (χ4v) is 4.43. The van der Waals surface area contributed by atoms with Gasteiger partial charge in [0, 0.05) is 30.0 Å². The van der Waals surface area contributed by atoms with E-state index in [0.29, 0.717) is 11.9 Å². The molecule has 0 spiro atoms. The topological polar surface area (TPSA) is 41.1 Å². The lowest BCUT2D eigenvalue weighted by Gasteiger charge is -2.23. The number of fused-ring (bicyclic) bond motifs is 1. The van der Waals surface area contributed by atoms with Crippen molar-refractivity contribution in [1.82, 2.24) is 9.97 Å². The summed E-state index contributed by atoms with van der Waals surface area (Å²) < 4.78 is 0. The Morgan fingerprint density at radius 2 is 1.69 bits per heavy atom. The molecule has 1 atom stereocenters. The number of aromatic nitrogens is 2. The lowest BCUT2D eigenvalue weighted by atomic mass is 10.0. The second-order valence-corrected chi connectivity index (χ2v) is 8.34. The number of benzene rings is 2. The summed E-state index contributed by atoms with van der Waals surface area (Å²) in [7, 11) is 0. The minimum absolute atomic E-state index is 0.454. The summed E-state index contributed by atoms with van der Waals surface area (Å²) in [5, 5.41) is 3.49. The molecule has 0 saturated carbocycles. The first-order valence-electron chi connectivity index (χ1n) is 10.4. The average Bonchev–Trinajstić information content (AvgIpc) is 3.08. The van der Waals surface area contributed by atoms with E-state index in [0.717, 1.165) is 36.7 Å². The fraction of sp³-hybridized carbons (Fsp3) is 0.360. The zero-order chi connectivity index (χ0) is 20.5. The van der Waals surface area contributed by atoms with Crippen LogP contribution in [0.4, 0.5) is 17.5 Å². The molecule has 1 aliphatic heterocycles. The molecule has 0 aliphatic carbocycles. The molecule has 2 aromatic carbocycles. The fourth-order valence-electron chi connectivity index (χ4n) is 4.43. The van der Waals surface area contributed by atoms with Gasteiger partial charge in [-0.15, -0.1) is 0 Å². The molecule has 1 aromatic heterocycles. The van der Waals surface area contributed by atoms with Crippen LogP contribution in [0.15, 0.2) is 42.5 Å². The SMILES string of the molecule is Cc1cc(C)c(Nc2nc(C)c3c(n2)N(CC(C)c2ccccc2)CC3)c(C)c1. The zero-order valence-corrected chi connectivity index (χ0v) is 18.1. The minimum atomic E-state index is 0.454. The van der Waals surface area contributed by atoms with Crippen LogP contribution in [0.3, 0.4) is 0 Å². The van der Waals surface area contributed by atoms with Crippen molar-refractivity contribution in [2.24, 2.45) is 0 Å². The number of aryl methyl sites for hydroxylation is 4. The van der Waals surface area contributed by atoms with E-state index < -0.39 is 0 Å². The second-order valence-electron chi connectivity index (χ2n) is 8.34. The van der Waals surface area contributed by atoms with Gasteiger partial charge in [-0.3, -0.25) is 0 Å². The van der Waals surface area contributed by atoms with Gasteiger partial charge in [0.05, 0.1) is 0 Å². The Labute approximate surface area is 174 Å². The molecule has 29 heavy (non-hydrogen) atoms. The summed E-state index contributed by atoms with van der Waals surface area (Å²) >= 11 is 0. The number of hydrogen-bond acceptors (Lipinski definition) is 4. The van der Waals surface area contributed by atoms with Crippen molar-refractivity contribution in [3.8, 4) is 0 Å². The molecule has 2 heterocycles. The van der Waals surface area contributed by atoms with Crippen LogP contribution in [0.25, 0.3) is 0 Å². The van der Waals surface area contributed by atoms with Crippen molar-refractivity contribution in [2.45, 2.75) is 47.0 Å². The number of rotatable bonds is 5. The Balaban J connectivity index is 1.61. The van der Waals surface area contributed by atoms with Gasteiger partial charge in [0.2, 0.25) is 5.95 Å². The molecule has 0 saturated heterocycles. The van der Waals surface area contributed by atoms with Crippen molar-refractivity contribution in [3.05, 3.63) is 76.0 Å². The van der Waals surface area contributed by atoms with E-state index in [1.807, 2.05) is 0 Å². The first-order valence-corrected chi connectivity index (χ1v) is 10.4. The molecule has 0 amide bonds. The molecule has 1 unspecified atom stereocenters. The maximum absolute atomic E-state index is 4.95. The van der Waals surface area contributed by atoms with Gasteiger partial charge in [-0.25, -0.2) is 4.98 Å². The minimum Gasteiger partial charge on any atom is -0.355 e. The van der Waals surface area contributed by atoms with E-state index in [1.165, 1.54) is 27.8 Å². The summed E-state index contributed by atoms with van der Waals surface area (Å²) in [6.07, 6.45) is 1.02. The Morgan fingerprint density at radius 3 is 2.38 bits per heavy atom. The van der Waals surface area contributed by atoms with Crippen LogP contribution in [0.2, 0.25) is 0 Å². The van der Waals surface area contributed by atoms with E-state index >= 15 is 0 Å². The lowest BCUT2D eigenvalue weighted by Crippen LogP contribution is -2.26. The molecule has 0 bridgehead atoms. The van der Waals surface area contributed by atoms with Gasteiger partial charge >= 0.3 is 0 Å². The van der Waals surface area contributed by atoms with Crippen LogP contribution < -0.4 is 10.2 Å². The van der Waals surface area contributed by atoms with Crippen LogP contribution in [-0.4, -0.2) is 23.1 Å². The molecule has 4 heteroatoms. The van der Waals surface area contributed by atoms with Crippen molar-refractivity contribution >= 4 is 17.5 Å². The first kappa shape index (κ1) is 19.4. The van der Waals surface area contributed by atoms with Gasteiger partial charge in [0.25, 0.3) is 0 Å². The van der Waals surface area contributed by atoms with Gasteiger partial charge in [-0.2, -0.15) is 4.98 Å². The Kier molecular flexibility index (Phi) is 5.27. The molecule has 4 rings (SSSR count). The normalized spacial score (nSPS) is 14.0. The van der Waals surface area contributed by atoms with Gasteiger partial charge in [-0.1, -0.05) is 55.0 Å². The van der Waals surface area contributed by atoms with Crippen molar-refractivity contribution < 1.29 is 0 Å². The van der Waals surface area contributed by atoms with Crippen molar-refractivity contribution in [3.63, 3.8) is 0 Å². The van der Waals surface area contributed by atoms with Gasteiger partial charge in [0.15, 0.2) is 0 Å². The standard InChI is InChI=1S/C25H30N4/c1-16-13-17(2)23(18(3)14-16)27-25-26-20(5)22-11-12-29(24(22)28-25)15-19(4)21-9-7-6-8-10-21/h6-10,13-14,19H,11-12,15H2,1-5H3,(H,26,27,28). The van der Waals surface area contributed by atoms with Gasteiger partial charge < -0.3 is 10.2 Å².